The van der Waals surface area contributed by atoms with Gasteiger partial charge in [0.2, 0.25) is 0 Å². The summed E-state index contributed by atoms with van der Waals surface area (Å²) in [5.41, 5.74) is 0.212. The maximum Gasteiger partial charge on any atom is 0.0913 e. The van der Waals surface area contributed by atoms with E-state index in [0.717, 1.165) is 14.5 Å². The first-order chi connectivity index (χ1) is 6.55. The van der Waals surface area contributed by atoms with Crippen LogP contribution in [0, 0.1) is 0 Å². The Morgan fingerprint density at radius 1 is 1.14 bits per heavy atom. The van der Waals surface area contributed by atoms with Gasteiger partial charge in [-0.05, 0) is 25.0 Å². The molecule has 1 nitrogen and oxygen atoms in total. The lowest BCUT2D eigenvalue weighted by atomic mass is 9.89. The molecule has 3 heteroatoms. The molecule has 1 aromatic rings. The van der Waals surface area contributed by atoms with E-state index in [9.17, 15) is 5.11 Å². The predicted molar refractivity (Wildman–Crippen MR) is 66.3 cm³/mol. The number of benzene rings is 1. The van der Waals surface area contributed by atoms with Gasteiger partial charge in [0, 0.05) is 14.5 Å². The van der Waals surface area contributed by atoms with E-state index in [1.807, 2.05) is 32.0 Å². The minimum absolute atomic E-state index is 0.713. The number of hydrogen-bond acceptors (Lipinski definition) is 1. The highest BCUT2D eigenvalue weighted by molar-refractivity contribution is 9.11. The van der Waals surface area contributed by atoms with E-state index in [-0.39, 0.29) is 0 Å². The van der Waals surface area contributed by atoms with Crippen LogP contribution in [0.2, 0.25) is 0 Å². The van der Waals surface area contributed by atoms with E-state index in [1.54, 1.807) is 0 Å². The molecule has 0 heterocycles. The Morgan fingerprint density at radius 3 is 1.93 bits per heavy atom. The van der Waals surface area contributed by atoms with Crippen molar-refractivity contribution in [1.29, 1.82) is 0 Å². The van der Waals surface area contributed by atoms with Gasteiger partial charge in [0.05, 0.1) is 5.60 Å². The van der Waals surface area contributed by atoms with Crippen LogP contribution in [-0.2, 0) is 5.60 Å². The lowest BCUT2D eigenvalue weighted by molar-refractivity contribution is 0.0269. The summed E-state index contributed by atoms with van der Waals surface area (Å²) in [6.07, 6.45) is 1.43. The lowest BCUT2D eigenvalue weighted by Crippen LogP contribution is -2.24. The Hall–Kier alpha value is 0.140. The summed E-state index contributed by atoms with van der Waals surface area (Å²) in [5.74, 6) is 0. The molecule has 1 aromatic carbocycles. The molecule has 14 heavy (non-hydrogen) atoms. The van der Waals surface area contributed by atoms with Crippen molar-refractivity contribution in [2.24, 2.45) is 0 Å². The van der Waals surface area contributed by atoms with Gasteiger partial charge >= 0.3 is 0 Å². The van der Waals surface area contributed by atoms with E-state index in [1.165, 1.54) is 0 Å². The van der Waals surface area contributed by atoms with Gasteiger partial charge in [-0.2, -0.15) is 0 Å². The number of aliphatic hydroxyl groups is 1. The molecule has 0 spiro atoms. The van der Waals surface area contributed by atoms with Gasteiger partial charge in [-0.1, -0.05) is 51.8 Å². The molecule has 0 aromatic heterocycles. The molecule has 0 radical (unpaired) electrons. The second-order valence-electron chi connectivity index (χ2n) is 3.34. The average molecular weight is 322 g/mol. The Labute approximate surface area is 102 Å². The molecular formula is C11H14Br2O. The van der Waals surface area contributed by atoms with Crippen molar-refractivity contribution >= 4 is 31.9 Å². The Bertz CT molecular complexity index is 299. The highest BCUT2D eigenvalue weighted by Gasteiger charge is 2.29. The van der Waals surface area contributed by atoms with E-state index in [2.05, 4.69) is 31.9 Å². The first-order valence-electron chi connectivity index (χ1n) is 4.72. The van der Waals surface area contributed by atoms with Gasteiger partial charge in [-0.3, -0.25) is 0 Å². The molecule has 0 saturated heterocycles. The van der Waals surface area contributed by atoms with Crippen molar-refractivity contribution in [2.45, 2.75) is 32.3 Å². The second kappa shape index (κ2) is 4.77. The van der Waals surface area contributed by atoms with E-state index in [0.29, 0.717) is 12.8 Å². The molecular weight excluding hydrogens is 308 g/mol. The molecule has 1 rings (SSSR count). The van der Waals surface area contributed by atoms with Crippen molar-refractivity contribution in [2.75, 3.05) is 0 Å². The highest BCUT2D eigenvalue weighted by atomic mass is 79.9. The molecule has 0 bridgehead atoms. The van der Waals surface area contributed by atoms with Crippen LogP contribution in [0.15, 0.2) is 27.1 Å². The van der Waals surface area contributed by atoms with Gasteiger partial charge in [0.15, 0.2) is 0 Å². The van der Waals surface area contributed by atoms with Crippen LogP contribution in [0.5, 0.6) is 0 Å². The zero-order valence-electron chi connectivity index (χ0n) is 8.35. The molecule has 0 aliphatic rings. The van der Waals surface area contributed by atoms with Gasteiger partial charge < -0.3 is 5.11 Å². The topological polar surface area (TPSA) is 20.2 Å². The van der Waals surface area contributed by atoms with Crippen molar-refractivity contribution in [3.63, 3.8) is 0 Å². The van der Waals surface area contributed by atoms with E-state index >= 15 is 0 Å². The fourth-order valence-electron chi connectivity index (χ4n) is 1.55. The largest absolute Gasteiger partial charge is 0.385 e. The second-order valence-corrected chi connectivity index (χ2v) is 5.04. The number of hydrogen-bond donors (Lipinski definition) is 1. The molecule has 0 aliphatic heterocycles. The summed E-state index contributed by atoms with van der Waals surface area (Å²) in [4.78, 5) is 0. The van der Waals surface area contributed by atoms with Crippen molar-refractivity contribution < 1.29 is 5.11 Å². The Kier molecular flexibility index (Phi) is 4.16. The SMILES string of the molecule is CCC(O)(CC)c1c(Br)cccc1Br. The summed E-state index contributed by atoms with van der Waals surface area (Å²) in [5, 5.41) is 10.4. The number of halogens is 2. The molecule has 0 amide bonds. The van der Waals surface area contributed by atoms with Crippen LogP contribution in [-0.4, -0.2) is 5.11 Å². The minimum Gasteiger partial charge on any atom is -0.385 e. The van der Waals surface area contributed by atoms with Crippen LogP contribution in [0.4, 0.5) is 0 Å². The van der Waals surface area contributed by atoms with Gasteiger partial charge in [0.1, 0.15) is 0 Å². The van der Waals surface area contributed by atoms with Crippen molar-refractivity contribution in [3.8, 4) is 0 Å². The zero-order valence-corrected chi connectivity index (χ0v) is 11.5. The highest BCUT2D eigenvalue weighted by Crippen LogP contribution is 2.38. The lowest BCUT2D eigenvalue weighted by Gasteiger charge is -2.28. The minimum atomic E-state index is -0.737. The van der Waals surface area contributed by atoms with Crippen LogP contribution in [0.3, 0.4) is 0 Å². The molecule has 0 saturated carbocycles. The quantitative estimate of drug-likeness (QED) is 0.883. The van der Waals surface area contributed by atoms with Gasteiger partial charge in [0.25, 0.3) is 0 Å². The van der Waals surface area contributed by atoms with E-state index < -0.39 is 5.60 Å². The molecule has 1 N–H and O–H groups in total. The van der Waals surface area contributed by atoms with Crippen molar-refractivity contribution in [1.82, 2.24) is 0 Å². The predicted octanol–water partition coefficient (Wildman–Crippen LogP) is 4.22. The maximum absolute atomic E-state index is 10.4. The van der Waals surface area contributed by atoms with Gasteiger partial charge in [-0.25, -0.2) is 0 Å². The third kappa shape index (κ3) is 2.20. The third-order valence-corrected chi connectivity index (χ3v) is 3.92. The first-order valence-corrected chi connectivity index (χ1v) is 6.30. The van der Waals surface area contributed by atoms with Crippen LogP contribution < -0.4 is 0 Å². The smallest absolute Gasteiger partial charge is 0.0913 e. The molecule has 0 aliphatic carbocycles. The monoisotopic (exact) mass is 320 g/mol. The summed E-state index contributed by atoms with van der Waals surface area (Å²) in [6, 6.07) is 5.86. The van der Waals surface area contributed by atoms with Crippen molar-refractivity contribution in [3.05, 3.63) is 32.7 Å². The fourth-order valence-corrected chi connectivity index (χ4v) is 3.28. The molecule has 0 fully saturated rings. The maximum atomic E-state index is 10.4. The number of rotatable bonds is 3. The summed E-state index contributed by atoms with van der Waals surface area (Å²) < 4.78 is 1.91. The van der Waals surface area contributed by atoms with Crippen LogP contribution >= 0.6 is 31.9 Å². The third-order valence-electron chi connectivity index (χ3n) is 2.60. The first kappa shape index (κ1) is 12.2. The standard InChI is InChI=1S/C11H14Br2O/c1-3-11(14,4-2)10-8(12)6-5-7-9(10)13/h5-7,14H,3-4H2,1-2H3. The van der Waals surface area contributed by atoms with Crippen LogP contribution in [0.1, 0.15) is 32.3 Å². The molecule has 0 atom stereocenters. The van der Waals surface area contributed by atoms with E-state index in [4.69, 9.17) is 0 Å². The summed E-state index contributed by atoms with van der Waals surface area (Å²) >= 11 is 6.95. The zero-order chi connectivity index (χ0) is 10.8. The summed E-state index contributed by atoms with van der Waals surface area (Å²) in [6.45, 7) is 3.99. The Balaban J connectivity index is 3.29. The molecule has 78 valence electrons. The van der Waals surface area contributed by atoms with Gasteiger partial charge in [-0.15, -0.1) is 0 Å². The van der Waals surface area contributed by atoms with Crippen LogP contribution in [0.25, 0.3) is 0 Å². The molecule has 0 unspecified atom stereocenters. The Morgan fingerprint density at radius 2 is 1.57 bits per heavy atom. The summed E-state index contributed by atoms with van der Waals surface area (Å²) in [7, 11) is 0. The normalized spacial score (nSPS) is 11.8. The fraction of sp³-hybridized carbons (Fsp3) is 0.455. The average Bonchev–Trinajstić information content (AvgIpc) is 2.17.